The third-order valence-corrected chi connectivity index (χ3v) is 2.33. The van der Waals surface area contributed by atoms with Crippen LogP contribution in [0.5, 0.6) is 0 Å². The number of hydrogen-bond donors (Lipinski definition) is 2. The maximum Gasteiger partial charge on any atom is 0.488 e. The zero-order chi connectivity index (χ0) is 15.6. The van der Waals surface area contributed by atoms with Crippen molar-refractivity contribution in [3.8, 4) is 0 Å². The lowest BCUT2D eigenvalue weighted by Crippen LogP contribution is -2.44. The molecule has 0 saturated carbocycles. The summed E-state index contributed by atoms with van der Waals surface area (Å²) < 4.78 is 77.3. The van der Waals surface area contributed by atoms with E-state index >= 15 is 0 Å². The van der Waals surface area contributed by atoms with Gasteiger partial charge in [0.15, 0.2) is 0 Å². The molecule has 0 amide bonds. The molecule has 0 fully saturated rings. The molecule has 1 aromatic carbocycles. The first-order chi connectivity index (χ1) is 9.03. The molecule has 3 nitrogen and oxygen atoms in total. The van der Waals surface area contributed by atoms with E-state index in [1.807, 2.05) is 0 Å². The van der Waals surface area contributed by atoms with Gasteiger partial charge < -0.3 is 14.8 Å². The summed E-state index contributed by atoms with van der Waals surface area (Å²) >= 11 is 0. The topological polar surface area (TPSA) is 49.7 Å². The van der Waals surface area contributed by atoms with Gasteiger partial charge >= 0.3 is 19.5 Å². The first-order valence-electron chi connectivity index (χ1n) is 5.22. The Morgan fingerprint density at radius 1 is 1.00 bits per heavy atom. The highest BCUT2D eigenvalue weighted by Gasteiger charge is 2.58. The summed E-state index contributed by atoms with van der Waals surface area (Å²) in [6.07, 6.45) is -15.1. The van der Waals surface area contributed by atoms with Crippen molar-refractivity contribution in [3.63, 3.8) is 0 Å². The zero-order valence-corrected chi connectivity index (χ0v) is 9.74. The zero-order valence-electron chi connectivity index (χ0n) is 9.74. The van der Waals surface area contributed by atoms with Crippen LogP contribution in [0.25, 0.3) is 0 Å². The van der Waals surface area contributed by atoms with Crippen molar-refractivity contribution in [2.24, 2.45) is 0 Å². The monoisotopic (exact) mass is 302 g/mol. The number of rotatable bonds is 4. The lowest BCUT2D eigenvalue weighted by molar-refractivity contribution is -0.324. The third-order valence-electron chi connectivity index (χ3n) is 2.33. The Balaban J connectivity index is 2.89. The minimum atomic E-state index is -5.61. The first-order valence-corrected chi connectivity index (χ1v) is 5.22. The Hall–Kier alpha value is -1.26. The molecule has 0 aliphatic heterocycles. The van der Waals surface area contributed by atoms with E-state index in [2.05, 4.69) is 4.74 Å². The van der Waals surface area contributed by atoms with E-state index in [1.165, 1.54) is 12.1 Å². The maximum atomic E-state index is 12.2. The smallest absolute Gasteiger partial charge is 0.423 e. The fourth-order valence-corrected chi connectivity index (χ4v) is 1.47. The van der Waals surface area contributed by atoms with E-state index in [0.29, 0.717) is 0 Å². The molecule has 0 aliphatic carbocycles. The highest BCUT2D eigenvalue weighted by Crippen LogP contribution is 2.36. The minimum Gasteiger partial charge on any atom is -0.423 e. The van der Waals surface area contributed by atoms with Gasteiger partial charge in [0.1, 0.15) is 0 Å². The van der Waals surface area contributed by atoms with E-state index in [1.54, 1.807) is 0 Å². The SMILES string of the molecule is OB(O)c1ccccc1COC(C(F)(F)F)C(F)(F)F. The molecule has 0 aromatic heterocycles. The van der Waals surface area contributed by atoms with Gasteiger partial charge in [0.2, 0.25) is 6.10 Å². The lowest BCUT2D eigenvalue weighted by Gasteiger charge is -2.23. The van der Waals surface area contributed by atoms with Crippen LogP contribution in [0.1, 0.15) is 5.56 Å². The van der Waals surface area contributed by atoms with Crippen LogP contribution in [-0.2, 0) is 11.3 Å². The Morgan fingerprint density at radius 3 is 1.95 bits per heavy atom. The quantitative estimate of drug-likeness (QED) is 0.652. The van der Waals surface area contributed by atoms with E-state index in [4.69, 9.17) is 10.0 Å². The second-order valence-electron chi connectivity index (χ2n) is 3.85. The van der Waals surface area contributed by atoms with Crippen molar-refractivity contribution in [1.82, 2.24) is 0 Å². The largest absolute Gasteiger partial charge is 0.488 e. The highest BCUT2D eigenvalue weighted by molar-refractivity contribution is 6.59. The van der Waals surface area contributed by atoms with Crippen LogP contribution in [0.2, 0.25) is 0 Å². The fraction of sp³-hybridized carbons (Fsp3) is 0.400. The van der Waals surface area contributed by atoms with Gasteiger partial charge in [-0.2, -0.15) is 26.3 Å². The van der Waals surface area contributed by atoms with Crippen molar-refractivity contribution in [3.05, 3.63) is 29.8 Å². The first kappa shape index (κ1) is 16.8. The molecule has 112 valence electrons. The van der Waals surface area contributed by atoms with Crippen molar-refractivity contribution >= 4 is 12.6 Å². The Labute approximate surface area is 109 Å². The van der Waals surface area contributed by atoms with Gasteiger partial charge in [0.25, 0.3) is 0 Å². The van der Waals surface area contributed by atoms with Crippen LogP contribution in [0, 0.1) is 0 Å². The maximum absolute atomic E-state index is 12.2. The number of halogens is 6. The molecule has 0 heterocycles. The van der Waals surface area contributed by atoms with Crippen LogP contribution in [0.4, 0.5) is 26.3 Å². The molecule has 0 bridgehead atoms. The van der Waals surface area contributed by atoms with Crippen LogP contribution < -0.4 is 5.46 Å². The predicted molar refractivity (Wildman–Crippen MR) is 57.0 cm³/mol. The van der Waals surface area contributed by atoms with Crippen molar-refractivity contribution in [2.75, 3.05) is 0 Å². The molecule has 0 spiro atoms. The third kappa shape index (κ3) is 4.39. The van der Waals surface area contributed by atoms with Gasteiger partial charge in [-0.1, -0.05) is 24.3 Å². The van der Waals surface area contributed by atoms with Crippen LogP contribution in [0.15, 0.2) is 24.3 Å². The van der Waals surface area contributed by atoms with E-state index in [0.717, 1.165) is 12.1 Å². The van der Waals surface area contributed by atoms with E-state index < -0.39 is 32.2 Å². The molecular formula is C10H9BF6O3. The Kier molecular flexibility index (Phi) is 5.06. The van der Waals surface area contributed by atoms with Crippen molar-refractivity contribution in [2.45, 2.75) is 25.1 Å². The van der Waals surface area contributed by atoms with E-state index in [9.17, 15) is 26.3 Å². The molecule has 2 N–H and O–H groups in total. The summed E-state index contributed by atoms with van der Waals surface area (Å²) in [6.45, 7) is -1.06. The molecule has 10 heteroatoms. The molecule has 0 saturated heterocycles. The summed E-state index contributed by atoms with van der Waals surface area (Å²) in [5, 5.41) is 17.9. The molecule has 1 rings (SSSR count). The average Bonchev–Trinajstić information content (AvgIpc) is 2.25. The number of benzene rings is 1. The summed E-state index contributed by atoms with van der Waals surface area (Å²) in [5.41, 5.74) is -0.406. The van der Waals surface area contributed by atoms with Crippen LogP contribution in [-0.4, -0.2) is 35.6 Å². The number of ether oxygens (including phenoxy) is 1. The minimum absolute atomic E-state index is 0.180. The molecule has 0 atom stereocenters. The number of hydrogen-bond acceptors (Lipinski definition) is 3. The normalized spacial score (nSPS) is 12.8. The Bertz CT molecular complexity index is 431. The van der Waals surface area contributed by atoms with Gasteiger partial charge in [0.05, 0.1) is 6.61 Å². The molecule has 0 aliphatic rings. The van der Waals surface area contributed by atoms with Crippen LogP contribution >= 0.6 is 0 Å². The van der Waals surface area contributed by atoms with Crippen molar-refractivity contribution in [1.29, 1.82) is 0 Å². The second kappa shape index (κ2) is 6.02. The van der Waals surface area contributed by atoms with Gasteiger partial charge in [-0.25, -0.2) is 0 Å². The van der Waals surface area contributed by atoms with Gasteiger partial charge in [0, 0.05) is 0 Å². The average molecular weight is 302 g/mol. The van der Waals surface area contributed by atoms with Gasteiger partial charge in [-0.15, -0.1) is 0 Å². The number of alkyl halides is 6. The summed E-state index contributed by atoms with van der Waals surface area (Å²) in [6, 6.07) is 4.96. The molecular weight excluding hydrogens is 293 g/mol. The summed E-state index contributed by atoms with van der Waals surface area (Å²) in [7, 11) is -2.02. The lowest BCUT2D eigenvalue weighted by atomic mass is 9.77. The summed E-state index contributed by atoms with van der Waals surface area (Å²) in [5.74, 6) is 0. The van der Waals surface area contributed by atoms with E-state index in [-0.39, 0.29) is 11.0 Å². The van der Waals surface area contributed by atoms with Crippen LogP contribution in [0.3, 0.4) is 0 Å². The predicted octanol–water partition coefficient (Wildman–Crippen LogP) is 1.38. The standard InChI is InChI=1S/C10H9BF6O3/c12-9(13,14)8(10(15,16)17)20-5-6-3-1-2-4-7(6)11(18)19/h1-4,8,18-19H,5H2. The fourth-order valence-electron chi connectivity index (χ4n) is 1.47. The highest BCUT2D eigenvalue weighted by atomic mass is 19.4. The van der Waals surface area contributed by atoms with Gasteiger partial charge in [-0.3, -0.25) is 0 Å². The summed E-state index contributed by atoms with van der Waals surface area (Å²) in [4.78, 5) is 0. The second-order valence-corrected chi connectivity index (χ2v) is 3.85. The van der Waals surface area contributed by atoms with Gasteiger partial charge in [-0.05, 0) is 11.0 Å². The molecule has 0 radical (unpaired) electrons. The Morgan fingerprint density at radius 2 is 1.50 bits per heavy atom. The molecule has 20 heavy (non-hydrogen) atoms. The molecule has 0 unspecified atom stereocenters. The van der Waals surface area contributed by atoms with Crippen molar-refractivity contribution < 1.29 is 41.1 Å². The molecule has 1 aromatic rings.